The minimum Gasteiger partial charge on any atom is -0.339 e. The Labute approximate surface area is 118 Å². The average molecular weight is 273 g/mol. The fourth-order valence-electron chi connectivity index (χ4n) is 2.51. The van der Waals surface area contributed by atoms with E-state index in [9.17, 15) is 0 Å². The Hall–Kier alpha value is -1.82. The molecule has 0 aliphatic carbocycles. The quantitative estimate of drug-likeness (QED) is 0.917. The van der Waals surface area contributed by atoms with Crippen molar-refractivity contribution in [3.63, 3.8) is 0 Å². The van der Waals surface area contributed by atoms with Crippen molar-refractivity contribution in [2.75, 3.05) is 6.54 Å². The summed E-state index contributed by atoms with van der Waals surface area (Å²) in [7, 11) is 0. The second-order valence-corrected chi connectivity index (χ2v) is 5.19. The van der Waals surface area contributed by atoms with Crippen LogP contribution < -0.4 is 5.32 Å². The summed E-state index contributed by atoms with van der Waals surface area (Å²) in [6, 6.07) is 2.38. The molecule has 1 fully saturated rings. The third-order valence-electron chi connectivity index (χ3n) is 3.59. The molecule has 1 saturated heterocycles. The fraction of sp³-hybridized carbons (Fsp3) is 0.571. The number of nitrogens with one attached hydrogen (secondary N) is 1. The number of hydrogen-bond acceptors (Lipinski definition) is 6. The van der Waals surface area contributed by atoms with Crippen LogP contribution in [0.5, 0.6) is 0 Å². The lowest BCUT2D eigenvalue weighted by Crippen LogP contribution is -2.34. The van der Waals surface area contributed by atoms with Gasteiger partial charge in [-0.15, -0.1) is 0 Å². The summed E-state index contributed by atoms with van der Waals surface area (Å²) in [5.41, 5.74) is 0.711. The summed E-state index contributed by atoms with van der Waals surface area (Å²) in [6.07, 6.45) is 7.41. The summed E-state index contributed by atoms with van der Waals surface area (Å²) in [5, 5.41) is 7.52. The first-order valence-electron chi connectivity index (χ1n) is 7.17. The van der Waals surface area contributed by atoms with Crippen LogP contribution in [0, 0.1) is 6.92 Å². The SMILES string of the molecule is Cc1nccc(-c2noc(CCC3CCCCN3)n2)n1. The van der Waals surface area contributed by atoms with Gasteiger partial charge in [0.2, 0.25) is 11.7 Å². The van der Waals surface area contributed by atoms with E-state index in [1.807, 2.05) is 6.92 Å². The van der Waals surface area contributed by atoms with Gasteiger partial charge < -0.3 is 9.84 Å². The summed E-state index contributed by atoms with van der Waals surface area (Å²) in [4.78, 5) is 12.8. The van der Waals surface area contributed by atoms with Gasteiger partial charge in [0.25, 0.3) is 0 Å². The number of nitrogens with zero attached hydrogens (tertiary/aromatic N) is 4. The molecule has 1 aliphatic rings. The zero-order valence-electron chi connectivity index (χ0n) is 11.7. The van der Waals surface area contributed by atoms with E-state index in [0.29, 0.717) is 29.3 Å². The third-order valence-corrected chi connectivity index (χ3v) is 3.59. The van der Waals surface area contributed by atoms with Crippen molar-refractivity contribution in [2.45, 2.75) is 45.1 Å². The highest BCUT2D eigenvalue weighted by molar-refractivity contribution is 5.46. The second kappa shape index (κ2) is 6.09. The average Bonchev–Trinajstić information content (AvgIpc) is 2.95. The minimum absolute atomic E-state index is 0.544. The fourth-order valence-corrected chi connectivity index (χ4v) is 2.51. The highest BCUT2D eigenvalue weighted by Crippen LogP contribution is 2.16. The molecule has 0 aromatic carbocycles. The predicted molar refractivity (Wildman–Crippen MR) is 74.0 cm³/mol. The molecule has 0 radical (unpaired) electrons. The predicted octanol–water partition coefficient (Wildman–Crippen LogP) is 1.91. The summed E-state index contributed by atoms with van der Waals surface area (Å²) >= 11 is 0. The van der Waals surface area contributed by atoms with Gasteiger partial charge in [0, 0.05) is 18.7 Å². The van der Waals surface area contributed by atoms with E-state index in [1.54, 1.807) is 12.3 Å². The summed E-state index contributed by atoms with van der Waals surface area (Å²) in [5.74, 6) is 1.94. The lowest BCUT2D eigenvalue weighted by molar-refractivity contribution is 0.342. The van der Waals surface area contributed by atoms with Crippen molar-refractivity contribution in [3.8, 4) is 11.5 Å². The maximum atomic E-state index is 5.30. The van der Waals surface area contributed by atoms with E-state index < -0.39 is 0 Å². The monoisotopic (exact) mass is 273 g/mol. The maximum absolute atomic E-state index is 5.30. The molecule has 6 nitrogen and oxygen atoms in total. The van der Waals surface area contributed by atoms with E-state index in [1.165, 1.54) is 19.3 Å². The van der Waals surface area contributed by atoms with Crippen molar-refractivity contribution in [3.05, 3.63) is 24.0 Å². The molecule has 6 heteroatoms. The summed E-state index contributed by atoms with van der Waals surface area (Å²) < 4.78 is 5.30. The van der Waals surface area contributed by atoms with Crippen LogP contribution in [0.3, 0.4) is 0 Å². The van der Waals surface area contributed by atoms with E-state index >= 15 is 0 Å². The largest absolute Gasteiger partial charge is 0.339 e. The highest BCUT2D eigenvalue weighted by Gasteiger charge is 2.15. The molecule has 3 rings (SSSR count). The van der Waals surface area contributed by atoms with Crippen molar-refractivity contribution in [1.82, 2.24) is 25.4 Å². The number of hydrogen-bond donors (Lipinski definition) is 1. The molecule has 0 bridgehead atoms. The van der Waals surface area contributed by atoms with Crippen molar-refractivity contribution >= 4 is 0 Å². The van der Waals surface area contributed by atoms with Gasteiger partial charge in [0.15, 0.2) is 0 Å². The van der Waals surface area contributed by atoms with Gasteiger partial charge in [0.05, 0.1) is 0 Å². The van der Waals surface area contributed by atoms with Crippen molar-refractivity contribution in [2.24, 2.45) is 0 Å². The maximum Gasteiger partial charge on any atom is 0.227 e. The smallest absolute Gasteiger partial charge is 0.227 e. The Morgan fingerprint density at radius 1 is 1.35 bits per heavy atom. The molecule has 0 spiro atoms. The molecule has 1 aliphatic heterocycles. The molecular weight excluding hydrogens is 254 g/mol. The molecule has 0 amide bonds. The minimum atomic E-state index is 0.544. The number of piperidine rings is 1. The molecule has 106 valence electrons. The van der Waals surface area contributed by atoms with Gasteiger partial charge in [-0.3, -0.25) is 0 Å². The van der Waals surface area contributed by atoms with Crippen LogP contribution in [0.25, 0.3) is 11.5 Å². The normalized spacial score (nSPS) is 19.1. The molecular formula is C14H19N5O. The topological polar surface area (TPSA) is 76.7 Å². The van der Waals surface area contributed by atoms with Gasteiger partial charge in [0.1, 0.15) is 11.5 Å². The number of aromatic nitrogens is 4. The second-order valence-electron chi connectivity index (χ2n) is 5.19. The first kappa shape index (κ1) is 13.2. The molecule has 2 aromatic heterocycles. The van der Waals surface area contributed by atoms with Crippen LogP contribution in [0.1, 0.15) is 37.4 Å². The van der Waals surface area contributed by atoms with Gasteiger partial charge in [-0.25, -0.2) is 9.97 Å². The lowest BCUT2D eigenvalue weighted by Gasteiger charge is -2.22. The molecule has 2 aromatic rings. The number of aryl methyl sites for hydroxylation is 2. The molecule has 1 unspecified atom stereocenters. The van der Waals surface area contributed by atoms with Gasteiger partial charge in [-0.05, 0) is 38.8 Å². The van der Waals surface area contributed by atoms with Crippen molar-refractivity contribution < 1.29 is 4.52 Å². The molecule has 3 heterocycles. The zero-order valence-corrected chi connectivity index (χ0v) is 11.7. The Morgan fingerprint density at radius 3 is 3.10 bits per heavy atom. The van der Waals surface area contributed by atoms with Crippen molar-refractivity contribution in [1.29, 1.82) is 0 Å². The summed E-state index contributed by atoms with van der Waals surface area (Å²) in [6.45, 7) is 2.97. The van der Waals surface area contributed by atoms with Crippen LogP contribution in [0.4, 0.5) is 0 Å². The first-order chi connectivity index (χ1) is 9.81. The van der Waals surface area contributed by atoms with Crippen LogP contribution in [0.2, 0.25) is 0 Å². The lowest BCUT2D eigenvalue weighted by atomic mass is 10.0. The molecule has 1 N–H and O–H groups in total. The van der Waals surface area contributed by atoms with E-state index in [0.717, 1.165) is 19.4 Å². The molecule has 0 saturated carbocycles. The van der Waals surface area contributed by atoms with Crippen LogP contribution in [0.15, 0.2) is 16.8 Å². The standard InChI is InChI=1S/C14H19N5O/c1-10-15-9-7-12(17-10)14-18-13(20-19-14)6-5-11-4-2-3-8-16-11/h7,9,11,16H,2-6,8H2,1H3. The Morgan fingerprint density at radius 2 is 2.30 bits per heavy atom. The zero-order chi connectivity index (χ0) is 13.8. The van der Waals surface area contributed by atoms with E-state index in [4.69, 9.17) is 4.52 Å². The van der Waals surface area contributed by atoms with Crippen LogP contribution >= 0.6 is 0 Å². The number of rotatable bonds is 4. The van der Waals surface area contributed by atoms with Crippen LogP contribution in [-0.4, -0.2) is 32.7 Å². The van der Waals surface area contributed by atoms with E-state index in [2.05, 4.69) is 25.4 Å². The molecule has 20 heavy (non-hydrogen) atoms. The highest BCUT2D eigenvalue weighted by atomic mass is 16.5. The van der Waals surface area contributed by atoms with Crippen LogP contribution in [-0.2, 0) is 6.42 Å². The third kappa shape index (κ3) is 3.19. The van der Waals surface area contributed by atoms with Gasteiger partial charge in [-0.1, -0.05) is 11.6 Å². The van der Waals surface area contributed by atoms with Gasteiger partial charge in [-0.2, -0.15) is 4.98 Å². The Kier molecular flexibility index (Phi) is 4.01. The Balaban J connectivity index is 1.61. The van der Waals surface area contributed by atoms with Gasteiger partial charge >= 0.3 is 0 Å². The molecule has 1 atom stereocenters. The first-order valence-corrected chi connectivity index (χ1v) is 7.17. The Bertz CT molecular complexity index is 562. The van der Waals surface area contributed by atoms with E-state index in [-0.39, 0.29) is 0 Å².